The molecule has 0 amide bonds. The normalized spacial score (nSPS) is 12.8. The van der Waals surface area contributed by atoms with E-state index in [1.165, 1.54) is 32.1 Å². The maximum absolute atomic E-state index is 12.0. The molecule has 0 rings (SSSR count). The van der Waals surface area contributed by atoms with Crippen LogP contribution in [0.15, 0.2) is 48.6 Å². The van der Waals surface area contributed by atoms with E-state index in [2.05, 4.69) is 56.4 Å². The number of carbonyl (C=O) groups is 2. The van der Waals surface area contributed by atoms with Crippen LogP contribution in [0.4, 0.5) is 0 Å². The smallest absolute Gasteiger partial charge is 0.306 e. The molecule has 0 aromatic rings. The summed E-state index contributed by atoms with van der Waals surface area (Å²) in [5, 5.41) is 9.46. The third kappa shape index (κ3) is 26.9. The number of unbranched alkanes of at least 4 members (excludes halogenated alkanes) is 12. The quantitative estimate of drug-likeness (QED) is 0.0522. The Kier molecular flexibility index (Phi) is 27.8. The second-order valence-corrected chi connectivity index (χ2v) is 9.85. The van der Waals surface area contributed by atoms with Crippen molar-refractivity contribution < 1.29 is 24.2 Å². The monoisotopic (exact) mass is 532 g/mol. The molecule has 0 fully saturated rings. The summed E-state index contributed by atoms with van der Waals surface area (Å²) in [6.07, 6.45) is 34.4. The Labute approximate surface area is 233 Å². The number of aliphatic hydroxyl groups is 1. The van der Waals surface area contributed by atoms with Crippen LogP contribution >= 0.6 is 0 Å². The predicted octanol–water partition coefficient (Wildman–Crippen LogP) is 8.72. The molecule has 218 valence electrons. The van der Waals surface area contributed by atoms with Gasteiger partial charge >= 0.3 is 11.9 Å². The molecule has 0 aliphatic carbocycles. The van der Waals surface area contributed by atoms with E-state index in [1.807, 2.05) is 6.08 Å². The molecule has 0 aliphatic rings. The third-order valence-corrected chi connectivity index (χ3v) is 6.17. The fourth-order valence-electron chi connectivity index (χ4n) is 3.83. The van der Waals surface area contributed by atoms with Crippen molar-refractivity contribution in [3.05, 3.63) is 48.6 Å². The van der Waals surface area contributed by atoms with Crippen LogP contribution in [0.3, 0.4) is 0 Å². The summed E-state index contributed by atoms with van der Waals surface area (Å²) in [6.45, 7) is 3.90. The Balaban J connectivity index is 3.67. The van der Waals surface area contributed by atoms with Gasteiger partial charge in [-0.25, -0.2) is 0 Å². The van der Waals surface area contributed by atoms with Crippen molar-refractivity contribution in [1.82, 2.24) is 0 Å². The molecule has 1 unspecified atom stereocenters. The largest absolute Gasteiger partial charge is 0.462 e. The summed E-state index contributed by atoms with van der Waals surface area (Å²) in [5.41, 5.74) is 0. The number of aliphatic hydroxyl groups excluding tert-OH is 1. The van der Waals surface area contributed by atoms with Gasteiger partial charge in [-0.05, 0) is 51.4 Å². The Morgan fingerprint density at radius 3 is 1.76 bits per heavy atom. The van der Waals surface area contributed by atoms with Gasteiger partial charge in [0.25, 0.3) is 0 Å². The van der Waals surface area contributed by atoms with Crippen LogP contribution in [0.25, 0.3) is 0 Å². The van der Waals surface area contributed by atoms with Crippen LogP contribution in [0, 0.1) is 0 Å². The summed E-state index contributed by atoms with van der Waals surface area (Å²) in [4.78, 5) is 24.0. The van der Waals surface area contributed by atoms with Crippen LogP contribution < -0.4 is 0 Å². The van der Waals surface area contributed by atoms with Crippen molar-refractivity contribution >= 4 is 11.9 Å². The van der Waals surface area contributed by atoms with Gasteiger partial charge in [-0.2, -0.15) is 0 Å². The number of carbonyl (C=O) groups excluding carboxylic acids is 2. The average molecular weight is 533 g/mol. The zero-order valence-electron chi connectivity index (χ0n) is 24.4. The molecule has 0 heterocycles. The van der Waals surface area contributed by atoms with Gasteiger partial charge in [0.2, 0.25) is 0 Å². The van der Waals surface area contributed by atoms with Crippen molar-refractivity contribution in [2.45, 2.75) is 136 Å². The first-order valence-electron chi connectivity index (χ1n) is 15.2. The molecule has 1 N–H and O–H groups in total. The van der Waals surface area contributed by atoms with E-state index < -0.39 is 6.10 Å². The second-order valence-electron chi connectivity index (χ2n) is 9.85. The van der Waals surface area contributed by atoms with Crippen molar-refractivity contribution in [3.63, 3.8) is 0 Å². The number of esters is 2. The summed E-state index contributed by atoms with van der Waals surface area (Å²) in [5.74, 6) is -0.635. The molecule has 0 aromatic carbocycles. The van der Waals surface area contributed by atoms with E-state index >= 15 is 0 Å². The highest BCUT2D eigenvalue weighted by atomic mass is 16.6. The Morgan fingerprint density at radius 2 is 1.16 bits per heavy atom. The minimum atomic E-state index is -0.781. The highest BCUT2D eigenvalue weighted by molar-refractivity contribution is 5.70. The zero-order chi connectivity index (χ0) is 27.9. The molecule has 0 saturated carbocycles. The lowest BCUT2D eigenvalue weighted by Gasteiger charge is -2.15. The first-order chi connectivity index (χ1) is 18.6. The maximum Gasteiger partial charge on any atom is 0.306 e. The van der Waals surface area contributed by atoms with Gasteiger partial charge in [-0.1, -0.05) is 114 Å². The van der Waals surface area contributed by atoms with Gasteiger partial charge < -0.3 is 14.6 Å². The molecule has 5 nitrogen and oxygen atoms in total. The summed E-state index contributed by atoms with van der Waals surface area (Å²) in [7, 11) is 0. The molecule has 1 atom stereocenters. The van der Waals surface area contributed by atoms with E-state index in [0.29, 0.717) is 12.8 Å². The number of hydrogen-bond acceptors (Lipinski definition) is 5. The van der Waals surface area contributed by atoms with Crippen molar-refractivity contribution in [1.29, 1.82) is 0 Å². The van der Waals surface area contributed by atoms with Crippen LogP contribution in [-0.2, 0) is 19.1 Å². The third-order valence-electron chi connectivity index (χ3n) is 6.17. The van der Waals surface area contributed by atoms with E-state index in [1.54, 1.807) is 0 Å². The Morgan fingerprint density at radius 1 is 0.632 bits per heavy atom. The molecule has 38 heavy (non-hydrogen) atoms. The highest BCUT2D eigenvalue weighted by Crippen LogP contribution is 2.11. The summed E-state index contributed by atoms with van der Waals surface area (Å²) < 4.78 is 10.5. The van der Waals surface area contributed by atoms with E-state index in [9.17, 15) is 14.7 Å². The molecular weight excluding hydrogens is 476 g/mol. The average Bonchev–Trinajstić information content (AvgIpc) is 2.92. The van der Waals surface area contributed by atoms with Gasteiger partial charge in [-0.15, -0.1) is 0 Å². The van der Waals surface area contributed by atoms with Crippen LogP contribution in [-0.4, -0.2) is 36.4 Å². The molecule has 0 spiro atoms. The minimum absolute atomic E-state index is 0.0815. The minimum Gasteiger partial charge on any atom is -0.462 e. The summed E-state index contributed by atoms with van der Waals surface area (Å²) >= 11 is 0. The van der Waals surface area contributed by atoms with Crippen molar-refractivity contribution in [3.8, 4) is 0 Å². The van der Waals surface area contributed by atoms with E-state index in [0.717, 1.165) is 70.6 Å². The van der Waals surface area contributed by atoms with E-state index in [-0.39, 0.29) is 25.2 Å². The van der Waals surface area contributed by atoms with Gasteiger partial charge in [0.1, 0.15) is 6.61 Å². The number of ether oxygens (including phenoxy) is 2. The second kappa shape index (κ2) is 29.4. The first-order valence-corrected chi connectivity index (χ1v) is 15.2. The fourth-order valence-corrected chi connectivity index (χ4v) is 3.83. The summed E-state index contributed by atoms with van der Waals surface area (Å²) in [6, 6.07) is 0. The Bertz CT molecular complexity index is 662. The molecular formula is C33H56O5. The van der Waals surface area contributed by atoms with Crippen LogP contribution in [0.5, 0.6) is 0 Å². The fraction of sp³-hybridized carbons (Fsp3) is 0.697. The molecule has 0 radical (unpaired) electrons. The van der Waals surface area contributed by atoms with Gasteiger partial charge in [-0.3, -0.25) is 9.59 Å². The predicted molar refractivity (Wildman–Crippen MR) is 159 cm³/mol. The van der Waals surface area contributed by atoms with Gasteiger partial charge in [0.05, 0.1) is 6.61 Å². The SMILES string of the molecule is CC/C=C/C=C/C=C/CCCCCCCC(=O)OCC(CO)OC(=O)CCCCCCC/C=C/CCCC. The molecule has 5 heteroatoms. The Hall–Kier alpha value is -2.14. The molecule has 0 aliphatic heterocycles. The number of allylic oxidation sites excluding steroid dienone is 8. The molecule has 0 saturated heterocycles. The number of hydrogen-bond donors (Lipinski definition) is 1. The van der Waals surface area contributed by atoms with Gasteiger partial charge in [0, 0.05) is 12.8 Å². The van der Waals surface area contributed by atoms with Crippen molar-refractivity contribution in [2.24, 2.45) is 0 Å². The standard InChI is InChI=1S/C33H56O5/c1-3-5-7-9-11-13-15-16-18-19-21-23-25-27-32(35)37-30-31(29-34)38-33(36)28-26-24-22-20-17-14-12-10-8-6-4-2/h5,7,9-13,15,31,34H,3-4,6,8,14,16-30H2,1-2H3/b7-5+,11-9+,12-10+,15-13+. The van der Waals surface area contributed by atoms with Crippen molar-refractivity contribution in [2.75, 3.05) is 13.2 Å². The topological polar surface area (TPSA) is 72.8 Å². The van der Waals surface area contributed by atoms with Crippen LogP contribution in [0.2, 0.25) is 0 Å². The number of rotatable bonds is 26. The molecule has 0 aromatic heterocycles. The molecule has 0 bridgehead atoms. The lowest BCUT2D eigenvalue weighted by Crippen LogP contribution is -2.28. The highest BCUT2D eigenvalue weighted by Gasteiger charge is 2.16. The zero-order valence-corrected chi connectivity index (χ0v) is 24.4. The lowest BCUT2D eigenvalue weighted by atomic mass is 10.1. The van der Waals surface area contributed by atoms with E-state index in [4.69, 9.17) is 9.47 Å². The maximum atomic E-state index is 12.0. The first kappa shape index (κ1) is 35.9. The van der Waals surface area contributed by atoms with Gasteiger partial charge in [0.15, 0.2) is 6.10 Å². The lowest BCUT2D eigenvalue weighted by molar-refractivity contribution is -0.161. The van der Waals surface area contributed by atoms with Crippen LogP contribution in [0.1, 0.15) is 129 Å².